The zero-order valence-electron chi connectivity index (χ0n) is 11.6. The minimum absolute atomic E-state index is 0.0597. The summed E-state index contributed by atoms with van der Waals surface area (Å²) in [7, 11) is 3.82. The number of nitrogens with one attached hydrogen (secondary N) is 1. The van der Waals surface area contributed by atoms with Crippen molar-refractivity contribution < 1.29 is 4.79 Å². The van der Waals surface area contributed by atoms with E-state index in [1.54, 1.807) is 0 Å². The number of anilines is 1. The molecule has 0 unspecified atom stereocenters. The molecule has 0 fully saturated rings. The molecule has 0 saturated carbocycles. The fraction of sp³-hybridized carbons (Fsp3) is 0.118. The van der Waals surface area contributed by atoms with E-state index >= 15 is 0 Å². The lowest BCUT2D eigenvalue weighted by molar-refractivity contribution is 0.104. The van der Waals surface area contributed by atoms with Gasteiger partial charge in [-0.3, -0.25) is 4.79 Å². The minimum Gasteiger partial charge on any atom is -0.388 e. The molecule has 0 aliphatic heterocycles. The smallest absolute Gasteiger partial charge is 0.195 e. The van der Waals surface area contributed by atoms with Crippen LogP contribution in [0.1, 0.15) is 15.9 Å². The van der Waals surface area contributed by atoms with Gasteiger partial charge in [0.25, 0.3) is 0 Å². The molecule has 2 aromatic carbocycles. The van der Waals surface area contributed by atoms with Crippen molar-refractivity contribution in [1.82, 2.24) is 4.57 Å². The zero-order valence-corrected chi connectivity index (χ0v) is 11.6. The lowest BCUT2D eigenvalue weighted by Crippen LogP contribution is -2.00. The SMILES string of the molecule is CNc1ccc(C(=O)c2cn(C)c3ccccc23)cc1. The third-order valence-electron chi connectivity index (χ3n) is 3.58. The summed E-state index contributed by atoms with van der Waals surface area (Å²) in [5.41, 5.74) is 3.53. The lowest BCUT2D eigenvalue weighted by atomic mass is 10.0. The van der Waals surface area contributed by atoms with Crippen molar-refractivity contribution in [2.75, 3.05) is 12.4 Å². The number of nitrogens with zero attached hydrogens (tertiary/aromatic N) is 1. The highest BCUT2D eigenvalue weighted by Gasteiger charge is 2.15. The van der Waals surface area contributed by atoms with Crippen molar-refractivity contribution in [3.8, 4) is 0 Å². The summed E-state index contributed by atoms with van der Waals surface area (Å²) in [5, 5.41) is 4.05. The minimum atomic E-state index is 0.0597. The van der Waals surface area contributed by atoms with E-state index in [9.17, 15) is 4.79 Å². The van der Waals surface area contributed by atoms with E-state index in [1.807, 2.05) is 73.4 Å². The van der Waals surface area contributed by atoms with E-state index in [4.69, 9.17) is 0 Å². The van der Waals surface area contributed by atoms with Crippen molar-refractivity contribution in [2.24, 2.45) is 7.05 Å². The molecule has 0 bridgehead atoms. The molecule has 0 amide bonds. The monoisotopic (exact) mass is 264 g/mol. The molecule has 1 aromatic heterocycles. The van der Waals surface area contributed by atoms with Gasteiger partial charge in [0.05, 0.1) is 0 Å². The van der Waals surface area contributed by atoms with Crippen molar-refractivity contribution in [3.05, 3.63) is 65.9 Å². The van der Waals surface area contributed by atoms with Crippen LogP contribution < -0.4 is 5.32 Å². The molecule has 0 aliphatic rings. The largest absolute Gasteiger partial charge is 0.388 e. The van der Waals surface area contributed by atoms with Crippen LogP contribution in [0, 0.1) is 0 Å². The van der Waals surface area contributed by atoms with Crippen molar-refractivity contribution in [3.63, 3.8) is 0 Å². The summed E-state index contributed by atoms with van der Waals surface area (Å²) in [6.45, 7) is 0. The van der Waals surface area contributed by atoms with Crippen LogP contribution in [0.4, 0.5) is 5.69 Å². The van der Waals surface area contributed by atoms with Crippen LogP contribution in [0.2, 0.25) is 0 Å². The first-order valence-corrected chi connectivity index (χ1v) is 6.57. The van der Waals surface area contributed by atoms with E-state index in [1.165, 1.54) is 0 Å². The Bertz CT molecular complexity index is 769. The van der Waals surface area contributed by atoms with Crippen LogP contribution in [0.25, 0.3) is 10.9 Å². The van der Waals surface area contributed by atoms with E-state index < -0.39 is 0 Å². The Labute approximate surface area is 117 Å². The molecule has 0 spiro atoms. The number of ketones is 1. The Balaban J connectivity index is 2.08. The van der Waals surface area contributed by atoms with Gasteiger partial charge in [-0.1, -0.05) is 18.2 Å². The predicted octanol–water partition coefficient (Wildman–Crippen LogP) is 3.45. The summed E-state index contributed by atoms with van der Waals surface area (Å²) >= 11 is 0. The highest BCUT2D eigenvalue weighted by molar-refractivity contribution is 6.16. The lowest BCUT2D eigenvalue weighted by Gasteiger charge is -2.02. The van der Waals surface area contributed by atoms with Crippen LogP contribution in [0.3, 0.4) is 0 Å². The van der Waals surface area contributed by atoms with E-state index in [0.29, 0.717) is 5.56 Å². The van der Waals surface area contributed by atoms with Gasteiger partial charge in [0.1, 0.15) is 0 Å². The van der Waals surface area contributed by atoms with Gasteiger partial charge in [-0.05, 0) is 30.3 Å². The highest BCUT2D eigenvalue weighted by atomic mass is 16.1. The number of fused-ring (bicyclic) bond motifs is 1. The second kappa shape index (κ2) is 4.85. The Morgan fingerprint density at radius 2 is 1.75 bits per heavy atom. The summed E-state index contributed by atoms with van der Waals surface area (Å²) in [5.74, 6) is 0.0597. The van der Waals surface area contributed by atoms with E-state index in [0.717, 1.165) is 22.2 Å². The van der Waals surface area contributed by atoms with Crippen LogP contribution in [0.15, 0.2) is 54.7 Å². The molecule has 3 rings (SSSR count). The van der Waals surface area contributed by atoms with Gasteiger partial charge in [0.2, 0.25) is 0 Å². The standard InChI is InChI=1S/C17H16N2O/c1-18-13-9-7-12(8-10-13)17(20)15-11-19(2)16-6-4-3-5-14(15)16/h3-11,18H,1-2H3. The number of para-hydroxylation sites is 1. The highest BCUT2D eigenvalue weighted by Crippen LogP contribution is 2.23. The maximum Gasteiger partial charge on any atom is 0.195 e. The number of carbonyl (C=O) groups excluding carboxylic acids is 1. The molecule has 20 heavy (non-hydrogen) atoms. The number of carbonyl (C=O) groups is 1. The van der Waals surface area contributed by atoms with Crippen molar-refractivity contribution >= 4 is 22.4 Å². The molecule has 0 saturated heterocycles. The first-order chi connectivity index (χ1) is 9.70. The topological polar surface area (TPSA) is 34.0 Å². The Morgan fingerprint density at radius 3 is 2.45 bits per heavy atom. The maximum atomic E-state index is 12.6. The zero-order chi connectivity index (χ0) is 14.1. The average Bonchev–Trinajstić information content (AvgIpc) is 2.84. The molecule has 1 heterocycles. The third kappa shape index (κ3) is 1.97. The van der Waals surface area contributed by atoms with Gasteiger partial charge in [-0.2, -0.15) is 0 Å². The summed E-state index contributed by atoms with van der Waals surface area (Å²) < 4.78 is 1.99. The first-order valence-electron chi connectivity index (χ1n) is 6.57. The maximum absolute atomic E-state index is 12.6. The number of rotatable bonds is 3. The number of aryl methyl sites for hydroxylation is 1. The molecular formula is C17H16N2O. The number of benzene rings is 2. The molecule has 3 heteroatoms. The number of hydrogen-bond donors (Lipinski definition) is 1. The molecule has 0 aliphatic carbocycles. The van der Waals surface area contributed by atoms with Gasteiger partial charge < -0.3 is 9.88 Å². The van der Waals surface area contributed by atoms with Gasteiger partial charge >= 0.3 is 0 Å². The van der Waals surface area contributed by atoms with Gasteiger partial charge in [0.15, 0.2) is 5.78 Å². The van der Waals surface area contributed by atoms with Gasteiger partial charge in [0, 0.05) is 48.0 Å². The predicted molar refractivity (Wildman–Crippen MR) is 82.3 cm³/mol. The van der Waals surface area contributed by atoms with E-state index in [2.05, 4.69) is 5.32 Å². The Kier molecular flexibility index (Phi) is 3.03. The quantitative estimate of drug-likeness (QED) is 0.735. The van der Waals surface area contributed by atoms with Crippen LogP contribution in [0.5, 0.6) is 0 Å². The van der Waals surface area contributed by atoms with Crippen LogP contribution in [-0.4, -0.2) is 17.4 Å². The van der Waals surface area contributed by atoms with Gasteiger partial charge in [-0.15, -0.1) is 0 Å². The fourth-order valence-electron chi connectivity index (χ4n) is 2.47. The Morgan fingerprint density at radius 1 is 1.05 bits per heavy atom. The average molecular weight is 264 g/mol. The molecule has 0 atom stereocenters. The molecular weight excluding hydrogens is 248 g/mol. The number of aromatic nitrogens is 1. The molecule has 1 N–H and O–H groups in total. The molecule has 0 radical (unpaired) electrons. The second-order valence-corrected chi connectivity index (χ2v) is 4.83. The second-order valence-electron chi connectivity index (χ2n) is 4.83. The molecule has 100 valence electrons. The summed E-state index contributed by atoms with van der Waals surface area (Å²) in [6, 6.07) is 15.5. The number of hydrogen-bond acceptors (Lipinski definition) is 2. The normalized spacial score (nSPS) is 10.7. The third-order valence-corrected chi connectivity index (χ3v) is 3.58. The summed E-state index contributed by atoms with van der Waals surface area (Å²) in [4.78, 5) is 12.6. The van der Waals surface area contributed by atoms with Gasteiger partial charge in [-0.25, -0.2) is 0 Å². The van der Waals surface area contributed by atoms with Crippen molar-refractivity contribution in [2.45, 2.75) is 0 Å². The fourth-order valence-corrected chi connectivity index (χ4v) is 2.47. The Hall–Kier alpha value is -2.55. The van der Waals surface area contributed by atoms with Crippen LogP contribution >= 0.6 is 0 Å². The van der Waals surface area contributed by atoms with E-state index in [-0.39, 0.29) is 5.78 Å². The van der Waals surface area contributed by atoms with Crippen molar-refractivity contribution in [1.29, 1.82) is 0 Å². The van der Waals surface area contributed by atoms with Crippen LogP contribution in [-0.2, 0) is 7.05 Å². The first kappa shape index (κ1) is 12.5. The summed E-state index contributed by atoms with van der Waals surface area (Å²) in [6.07, 6.45) is 1.90. The molecule has 3 aromatic rings. The molecule has 3 nitrogen and oxygen atoms in total.